The smallest absolute Gasteiger partial charge is 0.289 e. The fourth-order valence-electron chi connectivity index (χ4n) is 4.42. The molecule has 1 saturated carbocycles. The normalized spacial score (nSPS) is 22.2. The lowest BCUT2D eigenvalue weighted by Gasteiger charge is -2.41. The minimum absolute atomic E-state index is 0.00514. The number of carbonyl (C=O) groups excluding carboxylic acids is 2. The lowest BCUT2D eigenvalue weighted by atomic mass is 9.64. The summed E-state index contributed by atoms with van der Waals surface area (Å²) in [5.41, 5.74) is -0.0982. The van der Waals surface area contributed by atoms with Gasteiger partial charge in [0.2, 0.25) is 16.6 Å². The van der Waals surface area contributed by atoms with Gasteiger partial charge in [0.1, 0.15) is 0 Å². The molecule has 10 nitrogen and oxygen atoms in total. The molecule has 4 rings (SSSR count). The lowest BCUT2D eigenvalue weighted by molar-refractivity contribution is -0.130. The minimum Gasteiger partial charge on any atom is -0.438 e. The molecule has 2 atom stereocenters. The molecule has 33 heavy (non-hydrogen) atoms. The van der Waals surface area contributed by atoms with Gasteiger partial charge in [0, 0.05) is 39.4 Å². The van der Waals surface area contributed by atoms with Crippen LogP contribution >= 0.6 is 0 Å². The van der Waals surface area contributed by atoms with Gasteiger partial charge in [0.15, 0.2) is 5.76 Å². The van der Waals surface area contributed by atoms with Gasteiger partial charge in [-0.25, -0.2) is 12.7 Å². The van der Waals surface area contributed by atoms with Gasteiger partial charge in [-0.15, -0.1) is 0 Å². The fourth-order valence-corrected chi connectivity index (χ4v) is 5.22. The molecule has 1 saturated heterocycles. The summed E-state index contributed by atoms with van der Waals surface area (Å²) in [5.74, 6) is -0.578. The second-order valence-electron chi connectivity index (χ2n) is 9.05. The number of amides is 2. The van der Waals surface area contributed by atoms with Crippen molar-refractivity contribution in [2.24, 2.45) is 5.92 Å². The molecular formula is C22H28N4O6S. The van der Waals surface area contributed by atoms with Crippen molar-refractivity contribution in [1.82, 2.24) is 19.5 Å². The number of carbonyl (C=O) groups is 2. The van der Waals surface area contributed by atoms with E-state index in [0.29, 0.717) is 25.9 Å². The summed E-state index contributed by atoms with van der Waals surface area (Å²) in [6.07, 6.45) is 3.92. The molecule has 0 radical (unpaired) electrons. The van der Waals surface area contributed by atoms with Gasteiger partial charge >= 0.3 is 0 Å². The fraction of sp³-hybridized carbons (Fsp3) is 0.500. The summed E-state index contributed by atoms with van der Waals surface area (Å²) in [6, 6.07) is 5.50. The number of hydrogen-bond acceptors (Lipinski definition) is 6. The highest BCUT2D eigenvalue weighted by atomic mass is 32.2. The van der Waals surface area contributed by atoms with Gasteiger partial charge in [0.05, 0.1) is 11.5 Å². The number of aromatic nitrogens is 1. The molecule has 2 N–H and O–H groups in total. The Morgan fingerprint density at radius 3 is 2.48 bits per heavy atom. The molecule has 3 heterocycles. The largest absolute Gasteiger partial charge is 0.438 e. The van der Waals surface area contributed by atoms with Crippen molar-refractivity contribution in [3.05, 3.63) is 52.1 Å². The first-order chi connectivity index (χ1) is 15.5. The quantitative estimate of drug-likeness (QED) is 0.637. The standard InChI is InChI=1S/C22H28N4O6S/c1-14-12-26(20(28)17-6-8-19(32-17)33(30,31)25(2)3)13-16(14)24-21(29)22(9-4-10-22)15-5-7-18(27)23-11-15/h5-8,11,14,16H,4,9-10,12-13H2,1-3H3,(H,23,27)(H,24,29)/t14-,16+/m1/s1. The van der Waals surface area contributed by atoms with Crippen molar-refractivity contribution in [3.8, 4) is 0 Å². The molecule has 0 spiro atoms. The van der Waals surface area contributed by atoms with Crippen LogP contribution in [0, 0.1) is 5.92 Å². The summed E-state index contributed by atoms with van der Waals surface area (Å²) in [5, 5.41) is 2.82. The number of nitrogens with zero attached hydrogens (tertiary/aromatic N) is 2. The van der Waals surface area contributed by atoms with Crippen LogP contribution < -0.4 is 10.9 Å². The Morgan fingerprint density at radius 1 is 1.18 bits per heavy atom. The highest BCUT2D eigenvalue weighted by molar-refractivity contribution is 7.88. The van der Waals surface area contributed by atoms with E-state index in [4.69, 9.17) is 4.42 Å². The van der Waals surface area contributed by atoms with Crippen molar-refractivity contribution in [2.75, 3.05) is 27.2 Å². The molecule has 11 heteroatoms. The Balaban J connectivity index is 1.45. The van der Waals surface area contributed by atoms with Gasteiger partial charge in [-0.05, 0) is 36.5 Å². The minimum atomic E-state index is -3.78. The van der Waals surface area contributed by atoms with Crippen LogP contribution in [0.4, 0.5) is 0 Å². The maximum absolute atomic E-state index is 13.3. The number of aromatic amines is 1. The summed E-state index contributed by atoms with van der Waals surface area (Å²) < 4.78 is 30.8. The Morgan fingerprint density at radius 2 is 1.91 bits per heavy atom. The number of sulfonamides is 1. The van der Waals surface area contributed by atoms with Crippen molar-refractivity contribution in [1.29, 1.82) is 0 Å². The second kappa shape index (κ2) is 8.45. The molecule has 178 valence electrons. The molecule has 1 aliphatic carbocycles. The second-order valence-corrected chi connectivity index (χ2v) is 11.1. The van der Waals surface area contributed by atoms with Gasteiger partial charge in [-0.2, -0.15) is 0 Å². The van der Waals surface area contributed by atoms with E-state index < -0.39 is 21.3 Å². The number of rotatable bonds is 6. The summed E-state index contributed by atoms with van der Waals surface area (Å²) >= 11 is 0. The van der Waals surface area contributed by atoms with Crippen molar-refractivity contribution >= 4 is 21.8 Å². The Hall–Kier alpha value is -2.92. The van der Waals surface area contributed by atoms with Crippen LogP contribution in [0.3, 0.4) is 0 Å². The van der Waals surface area contributed by atoms with E-state index >= 15 is 0 Å². The molecule has 0 aromatic carbocycles. The molecule has 1 aliphatic heterocycles. The highest BCUT2D eigenvalue weighted by Crippen LogP contribution is 2.43. The monoisotopic (exact) mass is 476 g/mol. The number of nitrogens with one attached hydrogen (secondary N) is 2. The SMILES string of the molecule is C[C@@H]1CN(C(=O)c2ccc(S(=O)(=O)N(C)C)o2)C[C@@H]1NC(=O)C1(c2ccc(=O)[nH]c2)CCC1. The highest BCUT2D eigenvalue weighted by Gasteiger charge is 2.47. The van der Waals surface area contributed by atoms with Crippen LogP contribution in [-0.4, -0.2) is 67.6 Å². The topological polar surface area (TPSA) is 133 Å². The number of furan rings is 1. The van der Waals surface area contributed by atoms with Crippen molar-refractivity contribution in [2.45, 2.75) is 42.7 Å². The molecular weight excluding hydrogens is 448 g/mol. The zero-order chi connectivity index (χ0) is 24.0. The lowest BCUT2D eigenvalue weighted by Crippen LogP contribution is -2.53. The number of H-pyrrole nitrogens is 1. The Kier molecular flexibility index (Phi) is 5.95. The number of pyridine rings is 1. The molecule has 2 fully saturated rings. The predicted molar refractivity (Wildman–Crippen MR) is 119 cm³/mol. The van der Waals surface area contributed by atoms with Crippen LogP contribution in [0.5, 0.6) is 0 Å². The summed E-state index contributed by atoms with van der Waals surface area (Å²) in [6.45, 7) is 2.66. The van der Waals surface area contributed by atoms with Crippen molar-refractivity contribution in [3.63, 3.8) is 0 Å². The van der Waals surface area contributed by atoms with E-state index in [1.807, 2.05) is 6.92 Å². The first-order valence-electron chi connectivity index (χ1n) is 10.9. The molecule has 2 amide bonds. The van der Waals surface area contributed by atoms with E-state index in [-0.39, 0.29) is 34.3 Å². The Bertz CT molecular complexity index is 1210. The van der Waals surface area contributed by atoms with E-state index in [9.17, 15) is 22.8 Å². The number of likely N-dealkylation sites (tertiary alicyclic amines) is 1. The molecule has 2 aromatic heterocycles. The van der Waals surface area contributed by atoms with E-state index in [2.05, 4.69) is 10.3 Å². The zero-order valence-corrected chi connectivity index (χ0v) is 19.6. The summed E-state index contributed by atoms with van der Waals surface area (Å²) in [4.78, 5) is 41.8. The third-order valence-corrected chi connectivity index (χ3v) is 8.41. The van der Waals surface area contributed by atoms with E-state index in [1.165, 1.54) is 32.3 Å². The third-order valence-electron chi connectivity index (χ3n) is 6.72. The predicted octanol–water partition coefficient (Wildman–Crippen LogP) is 0.917. The van der Waals surface area contributed by atoms with Gasteiger partial charge < -0.3 is 19.6 Å². The zero-order valence-electron chi connectivity index (χ0n) is 18.8. The molecule has 2 aliphatic rings. The molecule has 0 unspecified atom stereocenters. The Labute approximate surface area is 192 Å². The summed E-state index contributed by atoms with van der Waals surface area (Å²) in [7, 11) is -1.00. The van der Waals surface area contributed by atoms with Crippen LogP contribution in [-0.2, 0) is 20.2 Å². The number of hydrogen-bond donors (Lipinski definition) is 2. The molecule has 0 bridgehead atoms. The van der Waals surface area contributed by atoms with Crippen LogP contribution in [0.25, 0.3) is 0 Å². The average Bonchev–Trinajstić information content (AvgIpc) is 3.36. The maximum atomic E-state index is 13.3. The molecule has 2 aromatic rings. The maximum Gasteiger partial charge on any atom is 0.289 e. The first kappa shape index (κ1) is 23.2. The third kappa shape index (κ3) is 4.10. The van der Waals surface area contributed by atoms with E-state index in [0.717, 1.165) is 16.3 Å². The van der Waals surface area contributed by atoms with Crippen LogP contribution in [0.1, 0.15) is 42.3 Å². The van der Waals surface area contributed by atoms with Crippen molar-refractivity contribution < 1.29 is 22.4 Å². The first-order valence-corrected chi connectivity index (χ1v) is 12.3. The van der Waals surface area contributed by atoms with E-state index in [1.54, 1.807) is 17.2 Å². The van der Waals surface area contributed by atoms with Crippen LogP contribution in [0.15, 0.2) is 44.8 Å². The van der Waals surface area contributed by atoms with Gasteiger partial charge in [0.25, 0.3) is 15.9 Å². The van der Waals surface area contributed by atoms with Crippen LogP contribution in [0.2, 0.25) is 0 Å². The average molecular weight is 477 g/mol. The van der Waals surface area contributed by atoms with Gasteiger partial charge in [-0.3, -0.25) is 14.4 Å². The van der Waals surface area contributed by atoms with Gasteiger partial charge in [-0.1, -0.05) is 19.4 Å².